The summed E-state index contributed by atoms with van der Waals surface area (Å²) in [6.07, 6.45) is 4.65. The average Bonchev–Trinajstić information content (AvgIpc) is 3.28. The highest BCUT2D eigenvalue weighted by molar-refractivity contribution is 5.67. The van der Waals surface area contributed by atoms with Gasteiger partial charge in [-0.15, -0.1) is 0 Å². The molecule has 0 aromatic heterocycles. The number of halogens is 1. The molecular formula is C26H33FO5. The molecule has 0 amide bonds. The molecule has 0 heterocycles. The molecule has 0 saturated heterocycles. The molecule has 2 aromatic rings. The second-order valence-corrected chi connectivity index (χ2v) is 8.75. The SMILES string of the molecule is O=C(O)C[C@H](O)C[C@H](O)COc1c(CCCc2ccc(F)cc2)cccc1C1CCCC1. The number of rotatable bonds is 12. The molecule has 0 bridgehead atoms. The van der Waals surface area contributed by atoms with Gasteiger partial charge in [0.2, 0.25) is 0 Å². The van der Waals surface area contributed by atoms with E-state index in [0.717, 1.165) is 49.0 Å². The molecule has 5 nitrogen and oxygen atoms in total. The van der Waals surface area contributed by atoms with E-state index >= 15 is 0 Å². The molecule has 1 aliphatic carbocycles. The van der Waals surface area contributed by atoms with Gasteiger partial charge in [0.15, 0.2) is 0 Å². The monoisotopic (exact) mass is 444 g/mol. The fourth-order valence-electron chi connectivity index (χ4n) is 4.52. The van der Waals surface area contributed by atoms with Crippen molar-refractivity contribution in [3.8, 4) is 5.75 Å². The summed E-state index contributed by atoms with van der Waals surface area (Å²) in [4.78, 5) is 10.7. The average molecular weight is 445 g/mol. The van der Waals surface area contributed by atoms with Crippen molar-refractivity contribution >= 4 is 5.97 Å². The van der Waals surface area contributed by atoms with Gasteiger partial charge in [0, 0.05) is 6.42 Å². The maximum atomic E-state index is 13.1. The Hall–Kier alpha value is -2.44. The lowest BCUT2D eigenvalue weighted by Crippen LogP contribution is -2.26. The first kappa shape index (κ1) is 24.2. The Balaban J connectivity index is 1.66. The highest BCUT2D eigenvalue weighted by atomic mass is 19.1. The van der Waals surface area contributed by atoms with Gasteiger partial charge in [-0.3, -0.25) is 4.79 Å². The van der Waals surface area contributed by atoms with Crippen LogP contribution < -0.4 is 4.74 Å². The Morgan fingerprint density at radius 1 is 1.03 bits per heavy atom. The fourth-order valence-corrected chi connectivity index (χ4v) is 4.52. The first-order valence-electron chi connectivity index (χ1n) is 11.5. The number of carbonyl (C=O) groups is 1. The lowest BCUT2D eigenvalue weighted by Gasteiger charge is -2.22. The van der Waals surface area contributed by atoms with Crippen molar-refractivity contribution in [2.24, 2.45) is 0 Å². The van der Waals surface area contributed by atoms with Gasteiger partial charge in [-0.2, -0.15) is 0 Å². The van der Waals surface area contributed by atoms with Gasteiger partial charge >= 0.3 is 5.97 Å². The predicted octanol–water partition coefficient (Wildman–Crippen LogP) is 4.62. The van der Waals surface area contributed by atoms with Gasteiger partial charge < -0.3 is 20.1 Å². The normalized spacial score (nSPS) is 16.1. The molecule has 174 valence electrons. The molecule has 3 N–H and O–H groups in total. The molecule has 0 radical (unpaired) electrons. The van der Waals surface area contributed by atoms with Crippen LogP contribution in [-0.2, 0) is 17.6 Å². The largest absolute Gasteiger partial charge is 0.490 e. The van der Waals surface area contributed by atoms with E-state index in [1.54, 1.807) is 12.1 Å². The molecule has 1 fully saturated rings. The summed E-state index contributed by atoms with van der Waals surface area (Å²) in [6.45, 7) is 0.00533. The minimum atomic E-state index is -1.11. The van der Waals surface area contributed by atoms with Crippen molar-refractivity contribution in [2.75, 3.05) is 6.61 Å². The van der Waals surface area contributed by atoms with E-state index in [0.29, 0.717) is 5.92 Å². The van der Waals surface area contributed by atoms with Gasteiger partial charge in [-0.05, 0) is 66.8 Å². The van der Waals surface area contributed by atoms with Gasteiger partial charge in [-0.25, -0.2) is 4.39 Å². The molecule has 2 atom stereocenters. The number of benzene rings is 2. The lowest BCUT2D eigenvalue weighted by molar-refractivity contribution is -0.139. The number of aliphatic hydroxyl groups is 2. The highest BCUT2D eigenvalue weighted by Crippen LogP contribution is 2.40. The number of ether oxygens (including phenoxy) is 1. The summed E-state index contributed by atoms with van der Waals surface area (Å²) < 4.78 is 19.2. The van der Waals surface area contributed by atoms with E-state index in [1.807, 2.05) is 6.07 Å². The van der Waals surface area contributed by atoms with Crippen molar-refractivity contribution in [1.82, 2.24) is 0 Å². The van der Waals surface area contributed by atoms with Gasteiger partial charge in [0.25, 0.3) is 0 Å². The first-order chi connectivity index (χ1) is 15.4. The highest BCUT2D eigenvalue weighted by Gasteiger charge is 2.23. The smallest absolute Gasteiger partial charge is 0.305 e. The number of carboxylic acid groups (broad SMARTS) is 1. The van der Waals surface area contributed by atoms with Crippen LogP contribution in [0, 0.1) is 5.82 Å². The number of aryl methyl sites for hydroxylation is 2. The van der Waals surface area contributed by atoms with Crippen LogP contribution in [0.1, 0.15) is 67.6 Å². The van der Waals surface area contributed by atoms with Gasteiger partial charge in [-0.1, -0.05) is 43.2 Å². The Kier molecular flexibility index (Phi) is 9.06. The number of carboxylic acids is 1. The Bertz CT molecular complexity index is 861. The summed E-state index contributed by atoms with van der Waals surface area (Å²) in [5.74, 6) is -0.0801. The maximum absolute atomic E-state index is 13.1. The molecule has 1 saturated carbocycles. The van der Waals surface area contributed by atoms with Crippen LogP contribution in [0.3, 0.4) is 0 Å². The second kappa shape index (κ2) is 12.0. The summed E-state index contributed by atoms with van der Waals surface area (Å²) in [7, 11) is 0. The molecule has 0 unspecified atom stereocenters. The van der Waals surface area contributed by atoms with Crippen LogP contribution in [-0.4, -0.2) is 40.1 Å². The molecule has 3 rings (SSSR count). The third kappa shape index (κ3) is 7.31. The van der Waals surface area contributed by atoms with Gasteiger partial charge in [0.05, 0.1) is 18.6 Å². The van der Waals surface area contributed by atoms with E-state index in [1.165, 1.54) is 30.5 Å². The topological polar surface area (TPSA) is 87.0 Å². The standard InChI is InChI=1S/C26H33FO5/c27-21-13-11-18(12-14-21)5-3-8-20-9-4-10-24(19-6-1-2-7-19)26(20)32-17-23(29)15-22(28)16-25(30)31/h4,9-14,19,22-23,28-29H,1-3,5-8,15-17H2,(H,30,31)/t22-,23+/m1/s1. The van der Waals surface area contributed by atoms with E-state index in [-0.39, 0.29) is 18.8 Å². The molecule has 32 heavy (non-hydrogen) atoms. The number of hydrogen-bond acceptors (Lipinski definition) is 4. The zero-order valence-electron chi connectivity index (χ0n) is 18.4. The van der Waals surface area contributed by atoms with E-state index < -0.39 is 24.6 Å². The molecule has 2 aromatic carbocycles. The first-order valence-corrected chi connectivity index (χ1v) is 11.5. The van der Waals surface area contributed by atoms with Crippen LogP contribution in [0.5, 0.6) is 5.75 Å². The summed E-state index contributed by atoms with van der Waals surface area (Å²) >= 11 is 0. The minimum Gasteiger partial charge on any atom is -0.490 e. The number of aliphatic hydroxyl groups excluding tert-OH is 2. The molecular weight excluding hydrogens is 411 g/mol. The molecule has 0 spiro atoms. The maximum Gasteiger partial charge on any atom is 0.305 e. The Morgan fingerprint density at radius 2 is 1.75 bits per heavy atom. The van der Waals surface area contributed by atoms with Crippen molar-refractivity contribution in [3.05, 3.63) is 65.0 Å². The van der Waals surface area contributed by atoms with Crippen molar-refractivity contribution in [2.45, 2.75) is 75.9 Å². The predicted molar refractivity (Wildman–Crippen MR) is 120 cm³/mol. The van der Waals surface area contributed by atoms with Crippen LogP contribution in [0.4, 0.5) is 4.39 Å². The van der Waals surface area contributed by atoms with Crippen LogP contribution >= 0.6 is 0 Å². The van der Waals surface area contributed by atoms with Gasteiger partial charge in [0.1, 0.15) is 18.2 Å². The summed E-state index contributed by atoms with van der Waals surface area (Å²) in [5.41, 5.74) is 3.33. The summed E-state index contributed by atoms with van der Waals surface area (Å²) in [6, 6.07) is 12.8. The number of para-hydroxylation sites is 1. The van der Waals surface area contributed by atoms with E-state index in [9.17, 15) is 19.4 Å². The minimum absolute atomic E-state index is 0.00533. The molecule has 1 aliphatic rings. The van der Waals surface area contributed by atoms with Crippen molar-refractivity contribution in [3.63, 3.8) is 0 Å². The number of hydrogen-bond donors (Lipinski definition) is 3. The van der Waals surface area contributed by atoms with Crippen molar-refractivity contribution in [1.29, 1.82) is 0 Å². The molecule has 6 heteroatoms. The third-order valence-electron chi connectivity index (χ3n) is 6.12. The lowest BCUT2D eigenvalue weighted by atomic mass is 9.92. The van der Waals surface area contributed by atoms with E-state index in [2.05, 4.69) is 12.1 Å². The Morgan fingerprint density at radius 3 is 2.44 bits per heavy atom. The number of aliphatic carboxylic acids is 1. The zero-order valence-corrected chi connectivity index (χ0v) is 18.4. The van der Waals surface area contributed by atoms with Crippen LogP contribution in [0.25, 0.3) is 0 Å². The van der Waals surface area contributed by atoms with Crippen LogP contribution in [0.15, 0.2) is 42.5 Å². The van der Waals surface area contributed by atoms with E-state index in [4.69, 9.17) is 9.84 Å². The molecule has 0 aliphatic heterocycles. The Labute approximate surface area is 188 Å². The zero-order chi connectivity index (χ0) is 22.9. The third-order valence-corrected chi connectivity index (χ3v) is 6.12. The van der Waals surface area contributed by atoms with Crippen LogP contribution in [0.2, 0.25) is 0 Å². The summed E-state index contributed by atoms with van der Waals surface area (Å²) in [5, 5.41) is 28.9. The van der Waals surface area contributed by atoms with Crippen molar-refractivity contribution < 1.29 is 29.2 Å². The second-order valence-electron chi connectivity index (χ2n) is 8.75. The fraction of sp³-hybridized carbons (Fsp3) is 0.500. The quantitative estimate of drug-likeness (QED) is 0.445.